The van der Waals surface area contributed by atoms with E-state index in [0.717, 1.165) is 52.9 Å². The maximum absolute atomic E-state index is 14.0. The maximum Gasteiger partial charge on any atom is 0.244 e. The van der Waals surface area contributed by atoms with E-state index >= 15 is 0 Å². The number of hydrogen-bond acceptors (Lipinski definition) is 5. The molecule has 2 amide bonds. The highest BCUT2D eigenvalue weighted by atomic mass is 32.2. The fourth-order valence-corrected chi connectivity index (χ4v) is 5.87. The molecular weight excluding hydrogens is 502 g/mol. The number of amides is 2. The lowest BCUT2D eigenvalue weighted by Gasteiger charge is -2.34. The van der Waals surface area contributed by atoms with Crippen LogP contribution in [0.25, 0.3) is 0 Å². The Bertz CT molecular complexity index is 1220. The van der Waals surface area contributed by atoms with Gasteiger partial charge in [-0.05, 0) is 61.9 Å². The van der Waals surface area contributed by atoms with Gasteiger partial charge < -0.3 is 15.0 Å². The molecule has 0 bridgehead atoms. The Hall–Kier alpha value is -3.07. The molecule has 38 heavy (non-hydrogen) atoms. The molecule has 1 aliphatic carbocycles. The molecule has 1 atom stereocenters. The van der Waals surface area contributed by atoms with Crippen LogP contribution in [0.5, 0.6) is 5.75 Å². The predicted octanol–water partition coefficient (Wildman–Crippen LogP) is 4.33. The molecule has 3 rings (SSSR count). The number of sulfonamides is 1. The number of hydrogen-bond donors (Lipinski definition) is 1. The van der Waals surface area contributed by atoms with Crippen molar-refractivity contribution in [3.8, 4) is 5.75 Å². The zero-order valence-corrected chi connectivity index (χ0v) is 24.0. The zero-order valence-electron chi connectivity index (χ0n) is 23.2. The Balaban J connectivity index is 1.97. The third-order valence-corrected chi connectivity index (χ3v) is 8.35. The average Bonchev–Trinajstić information content (AvgIpc) is 2.88. The molecule has 2 aromatic carbocycles. The normalized spacial score (nSPS) is 15.0. The Morgan fingerprint density at radius 1 is 1.08 bits per heavy atom. The van der Waals surface area contributed by atoms with Crippen molar-refractivity contribution in [2.24, 2.45) is 0 Å². The fourth-order valence-electron chi connectivity index (χ4n) is 5.02. The summed E-state index contributed by atoms with van der Waals surface area (Å²) in [7, 11) is -2.39. The minimum atomic E-state index is -3.85. The third-order valence-electron chi connectivity index (χ3n) is 7.22. The summed E-state index contributed by atoms with van der Waals surface area (Å²) >= 11 is 0. The van der Waals surface area contributed by atoms with Crippen molar-refractivity contribution in [2.45, 2.75) is 77.9 Å². The number of benzene rings is 2. The minimum absolute atomic E-state index is 0.102. The molecule has 0 saturated heterocycles. The summed E-state index contributed by atoms with van der Waals surface area (Å²) in [4.78, 5) is 29.0. The van der Waals surface area contributed by atoms with Crippen LogP contribution in [-0.4, -0.2) is 57.1 Å². The lowest BCUT2D eigenvalue weighted by atomic mass is 9.95. The Kier molecular flexibility index (Phi) is 10.2. The molecule has 1 aliphatic rings. The topological polar surface area (TPSA) is 96.0 Å². The zero-order chi connectivity index (χ0) is 27.9. The van der Waals surface area contributed by atoms with Crippen LogP contribution in [0.4, 0.5) is 5.69 Å². The molecule has 0 heterocycles. The van der Waals surface area contributed by atoms with Crippen LogP contribution in [0.1, 0.15) is 62.1 Å². The first-order chi connectivity index (χ1) is 18.0. The molecule has 2 aromatic rings. The second-order valence-electron chi connectivity index (χ2n) is 10.2. The Morgan fingerprint density at radius 2 is 1.76 bits per heavy atom. The van der Waals surface area contributed by atoms with Crippen LogP contribution in [0.2, 0.25) is 0 Å². The van der Waals surface area contributed by atoms with Gasteiger partial charge in [0.1, 0.15) is 18.3 Å². The number of aryl methyl sites for hydroxylation is 2. The van der Waals surface area contributed by atoms with Gasteiger partial charge in [-0.2, -0.15) is 0 Å². The second-order valence-corrected chi connectivity index (χ2v) is 12.1. The van der Waals surface area contributed by atoms with Crippen molar-refractivity contribution in [3.63, 3.8) is 0 Å². The molecule has 0 aliphatic heterocycles. The van der Waals surface area contributed by atoms with Gasteiger partial charge in [-0.15, -0.1) is 0 Å². The van der Waals surface area contributed by atoms with Gasteiger partial charge in [0.25, 0.3) is 0 Å². The summed E-state index contributed by atoms with van der Waals surface area (Å²) in [6, 6.07) is 12.3. The van der Waals surface area contributed by atoms with Crippen LogP contribution in [-0.2, 0) is 26.2 Å². The van der Waals surface area contributed by atoms with Crippen LogP contribution >= 0.6 is 0 Å². The number of rotatable bonds is 11. The highest BCUT2D eigenvalue weighted by Crippen LogP contribution is 2.31. The Labute approximate surface area is 227 Å². The summed E-state index contributed by atoms with van der Waals surface area (Å²) < 4.78 is 32.4. The van der Waals surface area contributed by atoms with Crippen molar-refractivity contribution in [3.05, 3.63) is 59.2 Å². The molecule has 1 N–H and O–H groups in total. The average molecular weight is 544 g/mol. The molecule has 208 valence electrons. The molecule has 1 saturated carbocycles. The summed E-state index contributed by atoms with van der Waals surface area (Å²) in [5, 5.41) is 3.16. The van der Waals surface area contributed by atoms with Crippen molar-refractivity contribution < 1.29 is 22.7 Å². The van der Waals surface area contributed by atoms with Gasteiger partial charge in [0.05, 0.1) is 19.1 Å². The van der Waals surface area contributed by atoms with Gasteiger partial charge in [-0.25, -0.2) is 8.42 Å². The van der Waals surface area contributed by atoms with Crippen LogP contribution < -0.4 is 14.4 Å². The van der Waals surface area contributed by atoms with E-state index in [9.17, 15) is 18.0 Å². The van der Waals surface area contributed by atoms with Gasteiger partial charge in [-0.3, -0.25) is 13.9 Å². The standard InChI is InChI=1S/C29H41N3O5S/c1-6-25(29(34)30-24-14-8-7-9-15-24)31(19-23-13-11-10-12-22(23)3)28(33)20-32(38(5,35)36)26-18-21(2)16-17-27(26)37-4/h10-13,16-18,24-25H,6-9,14-15,19-20H2,1-5H3,(H,30,34)/t25-/m0/s1. The van der Waals surface area contributed by atoms with Crippen molar-refractivity contribution >= 4 is 27.5 Å². The first kappa shape index (κ1) is 29.5. The SMILES string of the molecule is CC[C@@H](C(=O)NC1CCCCC1)N(Cc1ccccc1C)C(=O)CN(c1cc(C)ccc1OC)S(C)(=O)=O. The number of ether oxygens (including phenoxy) is 1. The van der Waals surface area contributed by atoms with Crippen LogP contribution in [0.3, 0.4) is 0 Å². The first-order valence-electron chi connectivity index (χ1n) is 13.3. The summed E-state index contributed by atoms with van der Waals surface area (Å²) in [5.74, 6) is -0.297. The van der Waals surface area contributed by atoms with Gasteiger partial charge in [-0.1, -0.05) is 56.5 Å². The largest absolute Gasteiger partial charge is 0.495 e. The summed E-state index contributed by atoms with van der Waals surface area (Å²) in [6.45, 7) is 5.43. The molecular formula is C29H41N3O5S. The van der Waals surface area contributed by atoms with Crippen LogP contribution in [0, 0.1) is 13.8 Å². The van der Waals surface area contributed by atoms with E-state index in [4.69, 9.17) is 4.74 Å². The van der Waals surface area contributed by atoms with E-state index in [0.29, 0.717) is 17.9 Å². The van der Waals surface area contributed by atoms with E-state index in [1.807, 2.05) is 51.1 Å². The third kappa shape index (κ3) is 7.49. The molecule has 0 radical (unpaired) electrons. The van der Waals surface area contributed by atoms with E-state index in [-0.39, 0.29) is 18.5 Å². The van der Waals surface area contributed by atoms with Crippen molar-refractivity contribution in [1.29, 1.82) is 0 Å². The van der Waals surface area contributed by atoms with E-state index in [1.165, 1.54) is 18.4 Å². The highest BCUT2D eigenvalue weighted by Gasteiger charge is 2.33. The number of carbonyl (C=O) groups is 2. The number of anilines is 1. The summed E-state index contributed by atoms with van der Waals surface area (Å²) in [5.41, 5.74) is 3.02. The lowest BCUT2D eigenvalue weighted by Crippen LogP contribution is -2.54. The second kappa shape index (κ2) is 13.1. The molecule has 0 aromatic heterocycles. The molecule has 9 heteroatoms. The first-order valence-corrected chi connectivity index (χ1v) is 15.2. The van der Waals surface area contributed by atoms with Gasteiger partial charge in [0.2, 0.25) is 21.8 Å². The smallest absolute Gasteiger partial charge is 0.244 e. The number of methoxy groups -OCH3 is 1. The molecule has 8 nitrogen and oxygen atoms in total. The maximum atomic E-state index is 14.0. The number of nitrogens with zero attached hydrogens (tertiary/aromatic N) is 2. The lowest BCUT2D eigenvalue weighted by molar-refractivity contribution is -0.140. The quantitative estimate of drug-likeness (QED) is 0.455. The highest BCUT2D eigenvalue weighted by molar-refractivity contribution is 7.92. The van der Waals surface area contributed by atoms with E-state index < -0.39 is 28.5 Å². The van der Waals surface area contributed by atoms with E-state index in [1.54, 1.807) is 12.1 Å². The number of nitrogens with one attached hydrogen (secondary N) is 1. The monoisotopic (exact) mass is 543 g/mol. The van der Waals surface area contributed by atoms with Crippen molar-refractivity contribution in [2.75, 3.05) is 24.2 Å². The minimum Gasteiger partial charge on any atom is -0.495 e. The molecule has 0 spiro atoms. The van der Waals surface area contributed by atoms with Crippen molar-refractivity contribution in [1.82, 2.24) is 10.2 Å². The van der Waals surface area contributed by atoms with Crippen LogP contribution in [0.15, 0.2) is 42.5 Å². The molecule has 0 unspecified atom stereocenters. The van der Waals surface area contributed by atoms with Gasteiger partial charge in [0, 0.05) is 12.6 Å². The van der Waals surface area contributed by atoms with Gasteiger partial charge >= 0.3 is 0 Å². The fraction of sp³-hybridized carbons (Fsp3) is 0.517. The van der Waals surface area contributed by atoms with Gasteiger partial charge in [0.15, 0.2) is 0 Å². The summed E-state index contributed by atoms with van der Waals surface area (Å²) in [6.07, 6.45) is 6.67. The predicted molar refractivity (Wildman–Crippen MR) is 151 cm³/mol. The number of carbonyl (C=O) groups excluding carboxylic acids is 2. The molecule has 1 fully saturated rings. The van der Waals surface area contributed by atoms with E-state index in [2.05, 4.69) is 5.32 Å². The Morgan fingerprint density at radius 3 is 2.37 bits per heavy atom.